The molecule has 8 nitrogen and oxygen atoms in total. The molecule has 2 saturated heterocycles. The van der Waals surface area contributed by atoms with Gasteiger partial charge in [0.15, 0.2) is 5.79 Å². The predicted molar refractivity (Wildman–Crippen MR) is 151 cm³/mol. The molecule has 3 aromatic carbocycles. The highest BCUT2D eigenvalue weighted by Crippen LogP contribution is 2.40. The van der Waals surface area contributed by atoms with Crippen LogP contribution < -0.4 is 0 Å². The quantitative estimate of drug-likeness (QED) is 0.155. The Labute approximate surface area is 235 Å². The third-order valence-corrected chi connectivity index (χ3v) is 7.27. The summed E-state index contributed by atoms with van der Waals surface area (Å²) in [5.41, 5.74) is 13.0. The standard InChI is InChI=1S/C32H37N3O5/c1-32(2)39-30-28(22-36-20-25-9-5-3-6-10-25)38-27(19-24-15-13-23(14-16-24)17-18-34-35-33)29(31(30)40-32)37-21-26-11-7-4-8-12-26/h3-16,27-31H,17-22H2,1-2H3/t27-,28?,29?,30-,31?/m0/s1. The maximum atomic E-state index is 8.55. The van der Waals surface area contributed by atoms with Gasteiger partial charge in [0, 0.05) is 17.9 Å². The van der Waals surface area contributed by atoms with Crippen LogP contribution in [0.1, 0.15) is 36.1 Å². The number of hydrogen-bond donors (Lipinski definition) is 0. The molecule has 2 heterocycles. The summed E-state index contributed by atoms with van der Waals surface area (Å²) in [6, 6.07) is 28.6. The number of hydrogen-bond acceptors (Lipinski definition) is 6. The average Bonchev–Trinajstić information content (AvgIpc) is 3.30. The van der Waals surface area contributed by atoms with E-state index in [1.54, 1.807) is 0 Å². The summed E-state index contributed by atoms with van der Waals surface area (Å²) < 4.78 is 32.3. The van der Waals surface area contributed by atoms with Crippen molar-refractivity contribution in [3.63, 3.8) is 0 Å². The van der Waals surface area contributed by atoms with Crippen LogP contribution in [0.5, 0.6) is 0 Å². The highest BCUT2D eigenvalue weighted by molar-refractivity contribution is 5.24. The number of rotatable bonds is 12. The largest absolute Gasteiger partial charge is 0.374 e. The van der Waals surface area contributed by atoms with Crippen LogP contribution in [0.4, 0.5) is 0 Å². The normalized spacial score (nSPS) is 25.2. The van der Waals surface area contributed by atoms with E-state index in [4.69, 9.17) is 29.2 Å². The van der Waals surface area contributed by atoms with Gasteiger partial charge in [-0.2, -0.15) is 0 Å². The van der Waals surface area contributed by atoms with Gasteiger partial charge in [-0.15, -0.1) is 0 Å². The molecule has 0 aliphatic carbocycles. The fraction of sp³-hybridized carbons (Fsp3) is 0.438. The molecule has 0 bridgehead atoms. The number of ether oxygens (including phenoxy) is 5. The molecule has 2 fully saturated rings. The summed E-state index contributed by atoms with van der Waals surface area (Å²) in [7, 11) is 0. The SMILES string of the molecule is CC1(C)OC2C(OCc3ccccc3)[C@H](Cc3ccc(CCN=[N+]=[N-])cc3)OC(COCc3ccccc3)[C@@H]2O1. The summed E-state index contributed by atoms with van der Waals surface area (Å²) in [6.45, 7) is 5.65. The maximum absolute atomic E-state index is 8.55. The molecule has 0 radical (unpaired) electrons. The summed E-state index contributed by atoms with van der Waals surface area (Å²) in [5.74, 6) is -0.757. The van der Waals surface area contributed by atoms with Crippen LogP contribution in [0.25, 0.3) is 10.4 Å². The second-order valence-corrected chi connectivity index (χ2v) is 10.8. The Hall–Kier alpha value is -3.23. The van der Waals surface area contributed by atoms with E-state index in [-0.39, 0.29) is 30.5 Å². The molecule has 0 spiro atoms. The monoisotopic (exact) mass is 543 g/mol. The molecular weight excluding hydrogens is 506 g/mol. The molecule has 3 unspecified atom stereocenters. The third-order valence-electron chi connectivity index (χ3n) is 7.27. The molecule has 0 saturated carbocycles. The van der Waals surface area contributed by atoms with Crippen molar-refractivity contribution in [3.8, 4) is 0 Å². The van der Waals surface area contributed by atoms with E-state index in [0.717, 1.165) is 22.3 Å². The lowest BCUT2D eigenvalue weighted by atomic mass is 9.91. The van der Waals surface area contributed by atoms with Crippen LogP contribution in [-0.4, -0.2) is 49.5 Å². The minimum Gasteiger partial charge on any atom is -0.374 e. The Morgan fingerprint density at radius 3 is 2.08 bits per heavy atom. The van der Waals surface area contributed by atoms with Gasteiger partial charge in [0.25, 0.3) is 0 Å². The highest BCUT2D eigenvalue weighted by Gasteiger charge is 2.55. The fourth-order valence-corrected chi connectivity index (χ4v) is 5.38. The van der Waals surface area contributed by atoms with Crippen molar-refractivity contribution in [3.05, 3.63) is 118 Å². The number of benzene rings is 3. The van der Waals surface area contributed by atoms with Crippen molar-refractivity contribution in [1.29, 1.82) is 0 Å². The lowest BCUT2D eigenvalue weighted by Crippen LogP contribution is -2.58. The van der Waals surface area contributed by atoms with Crippen LogP contribution in [-0.2, 0) is 49.7 Å². The molecule has 5 atom stereocenters. The topological polar surface area (TPSA) is 94.9 Å². The highest BCUT2D eigenvalue weighted by atomic mass is 16.8. The fourth-order valence-electron chi connectivity index (χ4n) is 5.38. The first kappa shape index (κ1) is 28.3. The maximum Gasteiger partial charge on any atom is 0.164 e. The minimum atomic E-state index is -0.757. The molecule has 8 heteroatoms. The van der Waals surface area contributed by atoms with Crippen molar-refractivity contribution in [2.24, 2.45) is 5.11 Å². The first-order valence-electron chi connectivity index (χ1n) is 13.9. The first-order valence-corrected chi connectivity index (χ1v) is 13.9. The van der Waals surface area contributed by atoms with Gasteiger partial charge in [-0.1, -0.05) is 90.0 Å². The summed E-state index contributed by atoms with van der Waals surface area (Å²) in [5, 5.41) is 3.64. The van der Waals surface area contributed by atoms with Gasteiger partial charge in [0.2, 0.25) is 0 Å². The number of fused-ring (bicyclic) bond motifs is 1. The van der Waals surface area contributed by atoms with Gasteiger partial charge in [-0.05, 0) is 48.1 Å². The molecule has 5 rings (SSSR count). The van der Waals surface area contributed by atoms with Crippen molar-refractivity contribution in [2.75, 3.05) is 13.2 Å². The Kier molecular flexibility index (Phi) is 9.49. The Morgan fingerprint density at radius 2 is 1.40 bits per heavy atom. The molecule has 210 valence electrons. The summed E-state index contributed by atoms with van der Waals surface area (Å²) in [6.07, 6.45) is -0.156. The Bertz CT molecular complexity index is 1250. The van der Waals surface area contributed by atoms with Crippen LogP contribution in [0, 0.1) is 0 Å². The lowest BCUT2D eigenvalue weighted by Gasteiger charge is -2.42. The van der Waals surface area contributed by atoms with E-state index >= 15 is 0 Å². The zero-order valence-electron chi connectivity index (χ0n) is 23.1. The Morgan fingerprint density at radius 1 is 0.775 bits per heavy atom. The molecule has 2 aliphatic rings. The van der Waals surface area contributed by atoms with Crippen LogP contribution >= 0.6 is 0 Å². The molecule has 40 heavy (non-hydrogen) atoms. The van der Waals surface area contributed by atoms with Crippen molar-refractivity contribution in [2.45, 2.75) is 76.2 Å². The summed E-state index contributed by atoms with van der Waals surface area (Å²) in [4.78, 5) is 2.84. The second-order valence-electron chi connectivity index (χ2n) is 10.8. The molecule has 3 aromatic rings. The summed E-state index contributed by atoms with van der Waals surface area (Å²) >= 11 is 0. The van der Waals surface area contributed by atoms with Crippen molar-refractivity contribution >= 4 is 0 Å². The smallest absolute Gasteiger partial charge is 0.164 e. The van der Waals surface area contributed by atoms with Gasteiger partial charge in [0.1, 0.15) is 24.4 Å². The van der Waals surface area contributed by atoms with Crippen molar-refractivity contribution < 1.29 is 23.7 Å². The molecule has 0 amide bonds. The predicted octanol–water partition coefficient (Wildman–Crippen LogP) is 6.17. The second kappa shape index (κ2) is 13.4. The van der Waals surface area contributed by atoms with E-state index in [9.17, 15) is 0 Å². The van der Waals surface area contributed by atoms with Gasteiger partial charge in [-0.25, -0.2) is 0 Å². The van der Waals surface area contributed by atoms with Crippen molar-refractivity contribution in [1.82, 2.24) is 0 Å². The van der Waals surface area contributed by atoms with Crippen LogP contribution in [0.3, 0.4) is 0 Å². The van der Waals surface area contributed by atoms with E-state index in [0.29, 0.717) is 39.2 Å². The van der Waals surface area contributed by atoms with E-state index in [2.05, 4.69) is 58.6 Å². The first-order chi connectivity index (χ1) is 19.5. The third kappa shape index (κ3) is 7.49. The molecule has 2 aliphatic heterocycles. The van der Waals surface area contributed by atoms with Crippen LogP contribution in [0.2, 0.25) is 0 Å². The van der Waals surface area contributed by atoms with Gasteiger partial charge < -0.3 is 23.7 Å². The zero-order chi connectivity index (χ0) is 27.8. The molecule has 0 N–H and O–H groups in total. The average molecular weight is 544 g/mol. The Balaban J connectivity index is 1.33. The number of azide groups is 1. The molecule has 0 aromatic heterocycles. The van der Waals surface area contributed by atoms with Gasteiger partial charge in [-0.3, -0.25) is 0 Å². The van der Waals surface area contributed by atoms with E-state index < -0.39 is 5.79 Å². The van der Waals surface area contributed by atoms with Gasteiger partial charge >= 0.3 is 0 Å². The number of nitrogens with zero attached hydrogens (tertiary/aromatic N) is 3. The molecular formula is C32H37N3O5. The lowest BCUT2D eigenvalue weighted by molar-refractivity contribution is -0.217. The minimum absolute atomic E-state index is 0.262. The van der Waals surface area contributed by atoms with E-state index in [1.165, 1.54) is 0 Å². The van der Waals surface area contributed by atoms with E-state index in [1.807, 2.05) is 50.2 Å². The van der Waals surface area contributed by atoms with Gasteiger partial charge in [0.05, 0.1) is 25.9 Å². The van der Waals surface area contributed by atoms with Crippen LogP contribution in [0.15, 0.2) is 90.0 Å². The zero-order valence-corrected chi connectivity index (χ0v) is 23.1.